The number of rotatable bonds is 3. The Hall–Kier alpha value is -3.22. The fourth-order valence-corrected chi connectivity index (χ4v) is 3.24. The van der Waals surface area contributed by atoms with Crippen LogP contribution in [0.3, 0.4) is 0 Å². The molecule has 7 nitrogen and oxygen atoms in total. The van der Waals surface area contributed by atoms with Crippen molar-refractivity contribution in [1.29, 1.82) is 0 Å². The van der Waals surface area contributed by atoms with Crippen molar-refractivity contribution in [3.8, 4) is 0 Å². The number of benzene rings is 2. The summed E-state index contributed by atoms with van der Waals surface area (Å²) in [5.74, 6) is -0.834. The monoisotopic (exact) mass is 354 g/mol. The van der Waals surface area contributed by atoms with E-state index in [9.17, 15) is 19.7 Å². The van der Waals surface area contributed by atoms with Crippen LogP contribution >= 0.6 is 0 Å². The molecular formula is C19H18N2O5. The highest BCUT2D eigenvalue weighted by molar-refractivity contribution is 5.97. The maximum absolute atomic E-state index is 13.0. The third-order valence-corrected chi connectivity index (χ3v) is 4.62. The first-order chi connectivity index (χ1) is 12.4. The Morgan fingerprint density at radius 1 is 1.19 bits per heavy atom. The van der Waals surface area contributed by atoms with Crippen molar-refractivity contribution in [3.63, 3.8) is 0 Å². The smallest absolute Gasteiger partial charge is 0.328 e. The van der Waals surface area contributed by atoms with Gasteiger partial charge in [0.05, 0.1) is 12.0 Å². The highest BCUT2D eigenvalue weighted by Crippen LogP contribution is 2.27. The lowest BCUT2D eigenvalue weighted by Gasteiger charge is -2.35. The van der Waals surface area contributed by atoms with Crippen LogP contribution in [0.1, 0.15) is 27.0 Å². The standard InChI is InChI=1S/C19H18N2O5/c1-12-9-14(7-8-16(12)21(24)25)18(22)20-11-15-6-4-3-5-13(15)10-17(20)19(23)26-2/h3-9,17H,10-11H2,1-2H3/t17-/m1/s1. The number of fused-ring (bicyclic) bond motifs is 1. The van der Waals surface area contributed by atoms with Crippen LogP contribution in [0.25, 0.3) is 0 Å². The van der Waals surface area contributed by atoms with Crippen molar-refractivity contribution in [2.24, 2.45) is 0 Å². The van der Waals surface area contributed by atoms with E-state index in [1.54, 1.807) is 6.92 Å². The summed E-state index contributed by atoms with van der Waals surface area (Å²) in [4.78, 5) is 37.2. The van der Waals surface area contributed by atoms with Crippen LogP contribution in [0.4, 0.5) is 5.69 Å². The van der Waals surface area contributed by atoms with Gasteiger partial charge in [0.15, 0.2) is 0 Å². The number of aryl methyl sites for hydroxylation is 1. The second kappa shape index (κ2) is 6.95. The van der Waals surface area contributed by atoms with E-state index in [4.69, 9.17) is 4.74 Å². The third-order valence-electron chi connectivity index (χ3n) is 4.62. The molecule has 0 radical (unpaired) electrons. The van der Waals surface area contributed by atoms with E-state index >= 15 is 0 Å². The first-order valence-electron chi connectivity index (χ1n) is 8.13. The molecule has 2 aromatic rings. The van der Waals surface area contributed by atoms with Gasteiger partial charge in [-0.2, -0.15) is 0 Å². The second-order valence-corrected chi connectivity index (χ2v) is 6.20. The molecule has 1 aliphatic heterocycles. The SMILES string of the molecule is COC(=O)[C@H]1Cc2ccccc2CN1C(=O)c1ccc([N+](=O)[O-])c(C)c1. The van der Waals surface area contributed by atoms with E-state index in [2.05, 4.69) is 0 Å². The number of hydrogen-bond donors (Lipinski definition) is 0. The normalized spacial score (nSPS) is 15.9. The zero-order chi connectivity index (χ0) is 18.8. The number of ether oxygens (including phenoxy) is 1. The molecule has 2 aromatic carbocycles. The number of carbonyl (C=O) groups is 2. The summed E-state index contributed by atoms with van der Waals surface area (Å²) in [7, 11) is 1.29. The van der Waals surface area contributed by atoms with Crippen LogP contribution in [0.2, 0.25) is 0 Å². The van der Waals surface area contributed by atoms with E-state index in [0.717, 1.165) is 11.1 Å². The van der Waals surface area contributed by atoms with Crippen molar-refractivity contribution in [3.05, 3.63) is 74.8 Å². The number of nitro benzene ring substituents is 1. The van der Waals surface area contributed by atoms with Gasteiger partial charge in [-0.1, -0.05) is 24.3 Å². The highest BCUT2D eigenvalue weighted by Gasteiger charge is 2.36. The molecule has 0 bridgehead atoms. The van der Waals surface area contributed by atoms with Crippen molar-refractivity contribution in [2.75, 3.05) is 7.11 Å². The van der Waals surface area contributed by atoms with Gasteiger partial charge in [0.2, 0.25) is 0 Å². The van der Waals surface area contributed by atoms with Gasteiger partial charge in [0.1, 0.15) is 6.04 Å². The molecule has 0 aliphatic carbocycles. The Bertz CT molecular complexity index is 893. The molecule has 0 N–H and O–H groups in total. The van der Waals surface area contributed by atoms with Crippen LogP contribution in [0, 0.1) is 17.0 Å². The van der Waals surface area contributed by atoms with Crippen LogP contribution in [-0.4, -0.2) is 34.9 Å². The molecule has 0 saturated heterocycles. The Morgan fingerprint density at radius 3 is 2.50 bits per heavy atom. The molecule has 1 heterocycles. The molecule has 134 valence electrons. The second-order valence-electron chi connectivity index (χ2n) is 6.20. The molecule has 3 rings (SSSR count). The summed E-state index contributed by atoms with van der Waals surface area (Å²) >= 11 is 0. The first-order valence-corrected chi connectivity index (χ1v) is 8.13. The number of nitro groups is 1. The number of nitrogens with zero attached hydrogens (tertiary/aromatic N) is 2. The van der Waals surface area contributed by atoms with Crippen LogP contribution < -0.4 is 0 Å². The largest absolute Gasteiger partial charge is 0.467 e. The topological polar surface area (TPSA) is 89.8 Å². The molecule has 7 heteroatoms. The summed E-state index contributed by atoms with van der Waals surface area (Å²) in [6.45, 7) is 1.86. The number of methoxy groups -OCH3 is 1. The fraction of sp³-hybridized carbons (Fsp3) is 0.263. The predicted molar refractivity (Wildman–Crippen MR) is 93.7 cm³/mol. The van der Waals surface area contributed by atoms with E-state index in [-0.39, 0.29) is 18.1 Å². The van der Waals surface area contributed by atoms with Gasteiger partial charge in [-0.15, -0.1) is 0 Å². The van der Waals surface area contributed by atoms with Crippen LogP contribution in [-0.2, 0) is 22.5 Å². The van der Waals surface area contributed by atoms with E-state index in [1.807, 2.05) is 24.3 Å². The van der Waals surface area contributed by atoms with Crippen molar-refractivity contribution >= 4 is 17.6 Å². The number of hydrogen-bond acceptors (Lipinski definition) is 5. The van der Waals surface area contributed by atoms with Crippen molar-refractivity contribution < 1.29 is 19.2 Å². The van der Waals surface area contributed by atoms with Gasteiger partial charge < -0.3 is 9.64 Å². The predicted octanol–water partition coefficient (Wildman–Crippen LogP) is 2.64. The van der Waals surface area contributed by atoms with Crippen molar-refractivity contribution in [2.45, 2.75) is 25.9 Å². The number of carbonyl (C=O) groups excluding carboxylic acids is 2. The lowest BCUT2D eigenvalue weighted by Crippen LogP contribution is -2.49. The van der Waals surface area contributed by atoms with Crippen molar-refractivity contribution in [1.82, 2.24) is 4.90 Å². The minimum Gasteiger partial charge on any atom is -0.467 e. The Labute approximate surface area is 150 Å². The molecule has 0 saturated carbocycles. The zero-order valence-corrected chi connectivity index (χ0v) is 14.5. The minimum absolute atomic E-state index is 0.0462. The van der Waals surface area contributed by atoms with Gasteiger partial charge in [-0.25, -0.2) is 4.79 Å². The molecule has 26 heavy (non-hydrogen) atoms. The van der Waals surface area contributed by atoms with Crippen LogP contribution in [0.5, 0.6) is 0 Å². The van der Waals surface area contributed by atoms with Crippen LogP contribution in [0.15, 0.2) is 42.5 Å². The number of esters is 1. The number of amides is 1. The molecular weight excluding hydrogens is 336 g/mol. The molecule has 1 aliphatic rings. The van der Waals surface area contributed by atoms with E-state index in [1.165, 1.54) is 30.2 Å². The zero-order valence-electron chi connectivity index (χ0n) is 14.5. The first kappa shape index (κ1) is 17.6. The van der Waals surface area contributed by atoms with Gasteiger partial charge in [0.25, 0.3) is 11.6 Å². The molecule has 1 atom stereocenters. The highest BCUT2D eigenvalue weighted by atomic mass is 16.6. The molecule has 0 spiro atoms. The quantitative estimate of drug-likeness (QED) is 0.480. The maximum atomic E-state index is 13.0. The van der Waals surface area contributed by atoms with E-state index < -0.39 is 16.9 Å². The van der Waals surface area contributed by atoms with Gasteiger partial charge >= 0.3 is 5.97 Å². The molecule has 0 aromatic heterocycles. The molecule has 1 amide bonds. The molecule has 0 fully saturated rings. The van der Waals surface area contributed by atoms with Gasteiger partial charge in [0, 0.05) is 30.2 Å². The summed E-state index contributed by atoms with van der Waals surface area (Å²) in [5, 5.41) is 11.0. The summed E-state index contributed by atoms with van der Waals surface area (Å²) in [6, 6.07) is 11.1. The maximum Gasteiger partial charge on any atom is 0.328 e. The Balaban J connectivity index is 1.97. The van der Waals surface area contributed by atoms with Gasteiger partial charge in [-0.05, 0) is 30.2 Å². The molecule has 0 unspecified atom stereocenters. The summed E-state index contributed by atoms with van der Waals surface area (Å²) in [5.41, 5.74) is 2.63. The lowest BCUT2D eigenvalue weighted by atomic mass is 9.93. The Morgan fingerprint density at radius 2 is 1.88 bits per heavy atom. The van der Waals surface area contributed by atoms with Gasteiger partial charge in [-0.3, -0.25) is 14.9 Å². The summed E-state index contributed by atoms with van der Waals surface area (Å²) in [6.07, 6.45) is 0.376. The average Bonchev–Trinajstić information content (AvgIpc) is 2.65. The minimum atomic E-state index is -0.724. The lowest BCUT2D eigenvalue weighted by molar-refractivity contribution is -0.385. The third kappa shape index (κ3) is 3.15. The average molecular weight is 354 g/mol. The summed E-state index contributed by atoms with van der Waals surface area (Å²) < 4.78 is 4.87. The fourth-order valence-electron chi connectivity index (χ4n) is 3.24. The Kier molecular flexibility index (Phi) is 4.71. The van der Waals surface area contributed by atoms with E-state index in [0.29, 0.717) is 17.5 Å².